The molecular weight excluding hydrogens is 508 g/mol. The molecule has 2 saturated carbocycles. The van der Waals surface area contributed by atoms with Crippen LogP contribution in [-0.4, -0.2) is 59.1 Å². The summed E-state index contributed by atoms with van der Waals surface area (Å²) in [5.41, 5.74) is 0.349. The van der Waals surface area contributed by atoms with E-state index in [1.165, 1.54) is 32.8 Å². The van der Waals surface area contributed by atoms with E-state index in [1.54, 1.807) is 30.3 Å². The Balaban J connectivity index is 1.45. The third kappa shape index (κ3) is 6.22. The van der Waals surface area contributed by atoms with Gasteiger partial charge in [0.15, 0.2) is 0 Å². The van der Waals surface area contributed by atoms with E-state index in [4.69, 9.17) is 9.47 Å². The van der Waals surface area contributed by atoms with Gasteiger partial charge in [0, 0.05) is 44.5 Å². The Morgan fingerprint density at radius 3 is 2.58 bits per heavy atom. The molecule has 5 rings (SSSR count). The number of ether oxygens (including phenoxy) is 2. The topological polar surface area (TPSA) is 105 Å². The minimum absolute atomic E-state index is 0.141. The van der Waals surface area contributed by atoms with Crippen LogP contribution in [0.1, 0.15) is 63.5 Å². The number of nitrogens with one attached hydrogen (secondary N) is 1. The highest BCUT2D eigenvalue weighted by Crippen LogP contribution is 2.54. The number of nitrogens with zero attached hydrogens (tertiary/aromatic N) is 1. The highest BCUT2D eigenvalue weighted by Gasteiger charge is 2.61. The number of amides is 1. The highest BCUT2D eigenvalue weighted by atomic mass is 16.6. The summed E-state index contributed by atoms with van der Waals surface area (Å²) >= 11 is 0. The van der Waals surface area contributed by atoms with E-state index >= 15 is 0 Å². The Bertz CT molecular complexity index is 1300. The number of fused-ring (bicyclic) bond motifs is 1. The molecule has 0 aromatic heterocycles. The number of carbonyl (C=O) groups excluding carboxylic acids is 3. The lowest BCUT2D eigenvalue weighted by molar-refractivity contribution is -0.187. The minimum atomic E-state index is -0.764. The lowest BCUT2D eigenvalue weighted by Crippen LogP contribution is -2.68. The first-order valence-electron chi connectivity index (χ1n) is 14.1. The van der Waals surface area contributed by atoms with Gasteiger partial charge in [0.1, 0.15) is 17.1 Å². The van der Waals surface area contributed by atoms with Crippen LogP contribution in [0.2, 0.25) is 0 Å². The van der Waals surface area contributed by atoms with E-state index in [-0.39, 0.29) is 23.7 Å². The van der Waals surface area contributed by atoms with Crippen LogP contribution in [0.15, 0.2) is 54.6 Å². The Morgan fingerprint density at radius 2 is 1.85 bits per heavy atom. The Labute approximate surface area is 235 Å². The summed E-state index contributed by atoms with van der Waals surface area (Å²) in [7, 11) is 0. The molecule has 1 heterocycles. The van der Waals surface area contributed by atoms with E-state index in [9.17, 15) is 19.5 Å². The van der Waals surface area contributed by atoms with Gasteiger partial charge in [0.2, 0.25) is 5.91 Å². The average Bonchev–Trinajstić information content (AvgIpc) is 3.71. The van der Waals surface area contributed by atoms with Crippen molar-refractivity contribution in [2.24, 2.45) is 5.92 Å². The van der Waals surface area contributed by atoms with Gasteiger partial charge < -0.3 is 19.9 Å². The zero-order valence-corrected chi connectivity index (χ0v) is 23.2. The van der Waals surface area contributed by atoms with Crippen LogP contribution in [0.3, 0.4) is 0 Å². The number of esters is 2. The van der Waals surface area contributed by atoms with Gasteiger partial charge in [-0.25, -0.2) is 0 Å². The maximum atomic E-state index is 13.0. The number of hydrogen-bond donors (Lipinski definition) is 2. The molecule has 2 N–H and O–H groups in total. The zero-order chi connectivity index (χ0) is 28.3. The summed E-state index contributed by atoms with van der Waals surface area (Å²) in [5, 5.41) is 12.9. The van der Waals surface area contributed by atoms with E-state index in [0.717, 1.165) is 30.6 Å². The van der Waals surface area contributed by atoms with Crippen LogP contribution in [0.25, 0.3) is 6.08 Å². The fourth-order valence-corrected chi connectivity index (χ4v) is 6.70. The van der Waals surface area contributed by atoms with Crippen LogP contribution >= 0.6 is 0 Å². The molecule has 2 aromatic rings. The van der Waals surface area contributed by atoms with Crippen molar-refractivity contribution >= 4 is 23.9 Å². The number of likely N-dealkylation sites (tertiary alicyclic amines) is 1. The van der Waals surface area contributed by atoms with Crippen molar-refractivity contribution in [3.8, 4) is 11.5 Å². The molecule has 0 bridgehead atoms. The lowest BCUT2D eigenvalue weighted by atomic mass is 9.55. The maximum absolute atomic E-state index is 13.0. The van der Waals surface area contributed by atoms with Gasteiger partial charge in [0.25, 0.3) is 0 Å². The molecule has 3 atom stereocenters. The Kier molecular flexibility index (Phi) is 7.99. The SMILES string of the molecule is CC(=O)Oc1cccc(C23CCN(CC4CC4)CC2(OC(C)=O)CCC(NC(=O)/C=C/c2cccc(O)c2)C3)c1. The van der Waals surface area contributed by atoms with E-state index < -0.39 is 17.0 Å². The molecule has 1 aliphatic heterocycles. The Morgan fingerprint density at radius 1 is 1.05 bits per heavy atom. The fraction of sp³-hybridized carbons (Fsp3) is 0.469. The molecule has 1 saturated heterocycles. The molecule has 2 aromatic carbocycles. The normalized spacial score (nSPS) is 26.6. The number of benzene rings is 2. The lowest BCUT2D eigenvalue weighted by Gasteiger charge is -2.59. The quantitative estimate of drug-likeness (QED) is 0.288. The number of piperidine rings is 1. The first kappa shape index (κ1) is 27.9. The molecule has 3 fully saturated rings. The van der Waals surface area contributed by atoms with Gasteiger partial charge in [-0.05, 0) is 92.5 Å². The molecule has 0 spiro atoms. The number of carbonyl (C=O) groups is 3. The molecule has 1 amide bonds. The smallest absolute Gasteiger partial charge is 0.308 e. The monoisotopic (exact) mass is 546 g/mol. The summed E-state index contributed by atoms with van der Waals surface area (Å²) in [4.78, 5) is 39.7. The zero-order valence-electron chi connectivity index (χ0n) is 23.2. The molecule has 8 nitrogen and oxygen atoms in total. The third-order valence-corrected chi connectivity index (χ3v) is 8.54. The molecule has 8 heteroatoms. The number of aromatic hydroxyl groups is 1. The van der Waals surface area contributed by atoms with Gasteiger partial charge in [-0.15, -0.1) is 0 Å². The van der Waals surface area contributed by atoms with Crippen LogP contribution in [0.5, 0.6) is 11.5 Å². The molecule has 3 aliphatic rings. The molecule has 0 radical (unpaired) electrons. The first-order valence-corrected chi connectivity index (χ1v) is 14.1. The molecule has 3 unspecified atom stereocenters. The molecule has 2 aliphatic carbocycles. The van der Waals surface area contributed by atoms with Crippen LogP contribution < -0.4 is 10.1 Å². The summed E-state index contributed by atoms with van der Waals surface area (Å²) in [5.74, 6) is 0.378. The van der Waals surface area contributed by atoms with Crippen molar-refractivity contribution in [1.29, 1.82) is 0 Å². The summed E-state index contributed by atoms with van der Waals surface area (Å²) < 4.78 is 11.8. The second-order valence-corrected chi connectivity index (χ2v) is 11.6. The maximum Gasteiger partial charge on any atom is 0.308 e. The standard InChI is InChI=1S/C32H38N2O6/c1-22(35)39-29-8-4-6-26(18-29)31-15-16-34(20-25-9-10-25)21-32(31,40-23(2)36)14-13-27(19-31)33-30(38)12-11-24-5-3-7-28(37)17-24/h3-8,11-12,17-18,25,27,37H,9-10,13-16,19-21H2,1-2H3,(H,33,38)/b12-11+. The molecule has 40 heavy (non-hydrogen) atoms. The highest BCUT2D eigenvalue weighted by molar-refractivity contribution is 5.92. The predicted molar refractivity (Wildman–Crippen MR) is 151 cm³/mol. The van der Waals surface area contributed by atoms with Gasteiger partial charge >= 0.3 is 11.9 Å². The number of rotatable bonds is 8. The van der Waals surface area contributed by atoms with Crippen molar-refractivity contribution in [3.05, 3.63) is 65.7 Å². The summed E-state index contributed by atoms with van der Waals surface area (Å²) in [6.45, 7) is 5.34. The van der Waals surface area contributed by atoms with Gasteiger partial charge in [-0.3, -0.25) is 19.3 Å². The van der Waals surface area contributed by atoms with Crippen molar-refractivity contribution < 1.29 is 29.0 Å². The van der Waals surface area contributed by atoms with E-state index in [1.807, 2.05) is 24.3 Å². The predicted octanol–water partition coefficient (Wildman–Crippen LogP) is 4.36. The van der Waals surface area contributed by atoms with Crippen LogP contribution in [-0.2, 0) is 24.5 Å². The van der Waals surface area contributed by atoms with E-state index in [2.05, 4.69) is 10.2 Å². The van der Waals surface area contributed by atoms with Gasteiger partial charge in [-0.1, -0.05) is 24.3 Å². The summed E-state index contributed by atoms with van der Waals surface area (Å²) in [6.07, 6.45) is 8.27. The number of phenols is 1. The second-order valence-electron chi connectivity index (χ2n) is 11.6. The van der Waals surface area contributed by atoms with E-state index in [0.29, 0.717) is 37.5 Å². The van der Waals surface area contributed by atoms with Crippen molar-refractivity contribution in [2.45, 2.75) is 69.4 Å². The average molecular weight is 547 g/mol. The van der Waals surface area contributed by atoms with Crippen LogP contribution in [0, 0.1) is 5.92 Å². The third-order valence-electron chi connectivity index (χ3n) is 8.54. The number of hydrogen-bond acceptors (Lipinski definition) is 7. The van der Waals surface area contributed by atoms with Gasteiger partial charge in [0.05, 0.1) is 0 Å². The molecular formula is C32H38N2O6. The molecule has 212 valence electrons. The van der Waals surface area contributed by atoms with Crippen molar-refractivity contribution in [1.82, 2.24) is 10.2 Å². The Hall–Kier alpha value is -3.65. The second kappa shape index (κ2) is 11.5. The van der Waals surface area contributed by atoms with Crippen molar-refractivity contribution in [3.63, 3.8) is 0 Å². The summed E-state index contributed by atoms with van der Waals surface area (Å²) in [6, 6.07) is 14.1. The largest absolute Gasteiger partial charge is 0.508 e. The number of phenolic OH excluding ortho intramolecular Hbond substituents is 1. The van der Waals surface area contributed by atoms with Crippen LogP contribution in [0.4, 0.5) is 0 Å². The first-order chi connectivity index (χ1) is 19.2. The van der Waals surface area contributed by atoms with Crippen molar-refractivity contribution in [2.75, 3.05) is 19.6 Å². The minimum Gasteiger partial charge on any atom is -0.508 e. The van der Waals surface area contributed by atoms with Gasteiger partial charge in [-0.2, -0.15) is 0 Å². The fourth-order valence-electron chi connectivity index (χ4n) is 6.70.